The number of unbranched alkanes of at least 4 members (excludes halogenated alkanes) is 1. The summed E-state index contributed by atoms with van der Waals surface area (Å²) in [5, 5.41) is 0. The number of thioether (sulfide) groups is 1. The molecule has 0 amide bonds. The van der Waals surface area contributed by atoms with Crippen LogP contribution in [0.3, 0.4) is 0 Å². The molecule has 0 bridgehead atoms. The van der Waals surface area contributed by atoms with Crippen molar-refractivity contribution in [1.29, 1.82) is 0 Å². The topological polar surface area (TPSA) is 9.23 Å². The van der Waals surface area contributed by atoms with Crippen LogP contribution in [0, 0.1) is 0 Å². The van der Waals surface area contributed by atoms with Crippen LogP contribution in [0.5, 0.6) is 0 Å². The molecule has 1 aliphatic rings. The molecule has 0 aliphatic carbocycles. The van der Waals surface area contributed by atoms with Gasteiger partial charge in [0, 0.05) is 0 Å². The molecule has 0 aromatic carbocycles. The van der Waals surface area contributed by atoms with E-state index in [9.17, 15) is 0 Å². The molecule has 1 nitrogen and oxygen atoms in total. The molecule has 0 atom stereocenters. The molecular formula is C13H20OS. The van der Waals surface area contributed by atoms with Crippen LogP contribution in [0.25, 0.3) is 0 Å². The van der Waals surface area contributed by atoms with Crippen molar-refractivity contribution in [2.45, 2.75) is 39.5 Å². The lowest BCUT2D eigenvalue weighted by molar-refractivity contribution is 0.291. The van der Waals surface area contributed by atoms with Crippen molar-refractivity contribution in [3.05, 3.63) is 33.8 Å². The number of allylic oxidation sites excluding steroid dienone is 6. The van der Waals surface area contributed by atoms with Gasteiger partial charge >= 0.3 is 0 Å². The van der Waals surface area contributed by atoms with E-state index in [1.165, 1.54) is 22.7 Å². The van der Waals surface area contributed by atoms with Gasteiger partial charge in [-0.15, -0.1) is 0 Å². The van der Waals surface area contributed by atoms with E-state index in [0.29, 0.717) is 0 Å². The highest BCUT2D eigenvalue weighted by Gasteiger charge is 2.03. The normalized spacial score (nSPS) is 17.1. The van der Waals surface area contributed by atoms with Crippen LogP contribution in [0.1, 0.15) is 39.5 Å². The fraction of sp³-hybridized carbons (Fsp3) is 0.538. The van der Waals surface area contributed by atoms with Crippen molar-refractivity contribution in [2.24, 2.45) is 0 Å². The van der Waals surface area contributed by atoms with Gasteiger partial charge in [-0.1, -0.05) is 23.9 Å². The number of hydrogen-bond acceptors (Lipinski definition) is 2. The maximum absolute atomic E-state index is 5.09. The molecular weight excluding hydrogens is 204 g/mol. The second-order valence-electron chi connectivity index (χ2n) is 3.73. The first kappa shape index (κ1) is 12.4. The quantitative estimate of drug-likeness (QED) is 0.497. The zero-order valence-corrected chi connectivity index (χ0v) is 10.7. The van der Waals surface area contributed by atoms with Crippen LogP contribution < -0.4 is 0 Å². The fourth-order valence-electron chi connectivity index (χ4n) is 1.46. The lowest BCUT2D eigenvalue weighted by Gasteiger charge is -2.10. The van der Waals surface area contributed by atoms with Crippen LogP contribution >= 0.6 is 11.8 Å². The first-order chi connectivity index (χ1) is 7.22. The van der Waals surface area contributed by atoms with E-state index in [4.69, 9.17) is 4.74 Å². The van der Waals surface area contributed by atoms with E-state index in [0.717, 1.165) is 18.6 Å². The van der Waals surface area contributed by atoms with Gasteiger partial charge in [0.1, 0.15) is 0 Å². The van der Waals surface area contributed by atoms with Gasteiger partial charge in [0.15, 0.2) is 0 Å². The minimum absolute atomic E-state index is 1.02. The summed E-state index contributed by atoms with van der Waals surface area (Å²) in [6, 6.07) is 0. The largest absolute Gasteiger partial charge is 0.502 e. The molecule has 0 spiro atoms. The minimum atomic E-state index is 1.02. The number of ether oxygens (including phenoxy) is 1. The van der Waals surface area contributed by atoms with Gasteiger partial charge in [-0.25, -0.2) is 0 Å². The average Bonchev–Trinajstić information content (AvgIpc) is 2.24. The summed E-state index contributed by atoms with van der Waals surface area (Å²) in [6.07, 6.45) is 11.4. The standard InChI is InChI=1S/C13H20OS/c1-11(14-3)7-4-5-9-13-10-6-8-12(2)15-13/h7-8,10H,4-6,9H2,1-3H3/b11-7-. The minimum Gasteiger partial charge on any atom is -0.502 e. The molecule has 0 N–H and O–H groups in total. The van der Waals surface area contributed by atoms with E-state index in [-0.39, 0.29) is 0 Å². The Morgan fingerprint density at radius 3 is 3.00 bits per heavy atom. The zero-order chi connectivity index (χ0) is 11.1. The van der Waals surface area contributed by atoms with Gasteiger partial charge in [-0.05, 0) is 55.4 Å². The predicted molar refractivity (Wildman–Crippen MR) is 68.7 cm³/mol. The molecule has 0 radical (unpaired) electrons. The van der Waals surface area contributed by atoms with E-state index in [2.05, 4.69) is 25.2 Å². The second kappa shape index (κ2) is 6.78. The van der Waals surface area contributed by atoms with Crippen LogP contribution in [-0.2, 0) is 4.74 Å². The third kappa shape index (κ3) is 5.12. The summed E-state index contributed by atoms with van der Waals surface area (Å²) in [6.45, 7) is 4.19. The van der Waals surface area contributed by atoms with Crippen molar-refractivity contribution in [2.75, 3.05) is 7.11 Å². The Labute approximate surface area is 97.3 Å². The Balaban J connectivity index is 2.18. The van der Waals surface area contributed by atoms with Crippen LogP contribution in [0.4, 0.5) is 0 Å². The highest BCUT2D eigenvalue weighted by Crippen LogP contribution is 2.32. The van der Waals surface area contributed by atoms with Gasteiger partial charge in [-0.3, -0.25) is 0 Å². The zero-order valence-electron chi connectivity index (χ0n) is 9.88. The summed E-state index contributed by atoms with van der Waals surface area (Å²) in [5.41, 5.74) is 0. The Hall–Kier alpha value is -0.630. The fourth-order valence-corrected chi connectivity index (χ4v) is 2.48. The maximum Gasteiger partial charge on any atom is 0.0884 e. The third-order valence-corrected chi connectivity index (χ3v) is 3.55. The highest BCUT2D eigenvalue weighted by atomic mass is 32.2. The monoisotopic (exact) mass is 224 g/mol. The Morgan fingerprint density at radius 1 is 1.53 bits per heavy atom. The maximum atomic E-state index is 5.09. The van der Waals surface area contributed by atoms with Crippen molar-refractivity contribution in [3.63, 3.8) is 0 Å². The molecule has 0 fully saturated rings. The van der Waals surface area contributed by atoms with Gasteiger partial charge in [-0.2, -0.15) is 0 Å². The molecule has 0 unspecified atom stereocenters. The first-order valence-corrected chi connectivity index (χ1v) is 6.28. The van der Waals surface area contributed by atoms with Gasteiger partial charge in [0.05, 0.1) is 12.9 Å². The number of rotatable bonds is 5. The second-order valence-corrected chi connectivity index (χ2v) is 5.11. The van der Waals surface area contributed by atoms with Gasteiger partial charge < -0.3 is 4.74 Å². The Morgan fingerprint density at radius 2 is 2.33 bits per heavy atom. The summed E-state index contributed by atoms with van der Waals surface area (Å²) in [7, 11) is 1.72. The Bertz CT molecular complexity index is 287. The van der Waals surface area contributed by atoms with Gasteiger partial charge in [0.2, 0.25) is 0 Å². The van der Waals surface area contributed by atoms with E-state index in [1.54, 1.807) is 7.11 Å². The summed E-state index contributed by atoms with van der Waals surface area (Å²) in [5.74, 6) is 1.02. The molecule has 1 aliphatic heterocycles. The van der Waals surface area contributed by atoms with Gasteiger partial charge in [0.25, 0.3) is 0 Å². The Kier molecular flexibility index (Phi) is 5.62. The first-order valence-electron chi connectivity index (χ1n) is 5.46. The van der Waals surface area contributed by atoms with Crippen LogP contribution in [-0.4, -0.2) is 7.11 Å². The molecule has 0 aromatic rings. The SMILES string of the molecule is CO/C(C)=C\CCCC1=CCC=C(C)S1. The number of hydrogen-bond donors (Lipinski definition) is 0. The lowest BCUT2D eigenvalue weighted by Crippen LogP contribution is -1.85. The van der Waals surface area contributed by atoms with E-state index < -0.39 is 0 Å². The van der Waals surface area contributed by atoms with Crippen LogP contribution in [0.15, 0.2) is 33.8 Å². The predicted octanol–water partition coefficient (Wildman–Crippen LogP) is 4.63. The summed E-state index contributed by atoms with van der Waals surface area (Å²) >= 11 is 1.92. The highest BCUT2D eigenvalue weighted by molar-refractivity contribution is 8.06. The molecule has 0 aromatic heterocycles. The van der Waals surface area contributed by atoms with E-state index >= 15 is 0 Å². The van der Waals surface area contributed by atoms with Crippen LogP contribution in [0.2, 0.25) is 0 Å². The smallest absolute Gasteiger partial charge is 0.0884 e. The van der Waals surface area contributed by atoms with Crippen molar-refractivity contribution >= 4 is 11.8 Å². The molecule has 2 heteroatoms. The molecule has 1 rings (SSSR count). The van der Waals surface area contributed by atoms with Crippen molar-refractivity contribution in [3.8, 4) is 0 Å². The molecule has 15 heavy (non-hydrogen) atoms. The molecule has 84 valence electrons. The molecule has 0 saturated carbocycles. The average molecular weight is 224 g/mol. The molecule has 0 saturated heterocycles. The van der Waals surface area contributed by atoms with Crippen molar-refractivity contribution < 1.29 is 4.74 Å². The lowest BCUT2D eigenvalue weighted by atomic mass is 10.2. The van der Waals surface area contributed by atoms with E-state index in [1.807, 2.05) is 18.7 Å². The van der Waals surface area contributed by atoms with Crippen molar-refractivity contribution in [1.82, 2.24) is 0 Å². The molecule has 1 heterocycles. The summed E-state index contributed by atoms with van der Waals surface area (Å²) in [4.78, 5) is 2.97. The number of methoxy groups -OCH3 is 1. The third-order valence-electron chi connectivity index (χ3n) is 2.42. The summed E-state index contributed by atoms with van der Waals surface area (Å²) < 4.78 is 5.09.